The molecule has 0 spiro atoms. The highest BCUT2D eigenvalue weighted by Crippen LogP contribution is 2.37. The average molecular weight is 1120 g/mol. The van der Waals surface area contributed by atoms with Crippen molar-refractivity contribution in [3.8, 4) is 22.6 Å². The SMILES string of the molecule is Nc1cc(NC(=O)c2ccc3nncc(-c4cc5ccccc5o4)c3c2)ccn1.Nc1cc(NCc2ccc3c(c2)C(c2cc4ccccc4o2)CNN3)ccn1.Nc1cc(NCc2ccc3nncc(-c4cc5ccccc5o4)c3c2)ccn1. The Balaban J connectivity index is 0.000000119. The molecule has 8 aromatic heterocycles. The third-order valence-corrected chi connectivity index (χ3v) is 14.4. The first kappa shape index (κ1) is 52.7. The van der Waals surface area contributed by atoms with E-state index >= 15 is 0 Å². The van der Waals surface area contributed by atoms with E-state index in [4.69, 9.17) is 30.5 Å². The molecule has 6 aromatic carbocycles. The number of nitrogens with zero attached hydrogens (tertiary/aromatic N) is 7. The topological polar surface area (TPSA) is 285 Å². The molecule has 0 saturated carbocycles. The minimum Gasteiger partial charge on any atom is -0.460 e. The minimum atomic E-state index is -0.259. The van der Waals surface area contributed by atoms with Crippen LogP contribution in [0.15, 0.2) is 226 Å². The lowest BCUT2D eigenvalue weighted by atomic mass is 9.92. The van der Waals surface area contributed by atoms with Gasteiger partial charge in [-0.05, 0) is 108 Å². The number of hydrogen-bond donors (Lipinski definition) is 8. The van der Waals surface area contributed by atoms with Crippen LogP contribution in [-0.2, 0) is 13.1 Å². The molecule has 0 fully saturated rings. The van der Waals surface area contributed by atoms with Gasteiger partial charge >= 0.3 is 0 Å². The fraction of sp³-hybridized carbons (Fsp3) is 0.0606. The highest BCUT2D eigenvalue weighted by atomic mass is 16.3. The molecule has 11 N–H and O–H groups in total. The Labute approximate surface area is 485 Å². The molecular weight excluding hydrogens is 1070 g/mol. The van der Waals surface area contributed by atoms with Gasteiger partial charge in [-0.3, -0.25) is 4.79 Å². The molecule has 1 aliphatic heterocycles. The number of furan rings is 3. The second kappa shape index (κ2) is 23.4. The van der Waals surface area contributed by atoms with Crippen molar-refractivity contribution in [3.05, 3.63) is 241 Å². The smallest absolute Gasteiger partial charge is 0.255 e. The van der Waals surface area contributed by atoms with Crippen molar-refractivity contribution >= 4 is 101 Å². The van der Waals surface area contributed by atoms with Crippen molar-refractivity contribution in [1.82, 2.24) is 40.8 Å². The van der Waals surface area contributed by atoms with E-state index < -0.39 is 0 Å². The lowest BCUT2D eigenvalue weighted by Gasteiger charge is -2.27. The van der Waals surface area contributed by atoms with E-state index in [-0.39, 0.29) is 11.8 Å². The molecule has 1 aliphatic rings. The van der Waals surface area contributed by atoms with Gasteiger partial charge in [-0.15, -0.1) is 0 Å². The quantitative estimate of drug-likeness (QED) is 0.0597. The van der Waals surface area contributed by atoms with Crippen LogP contribution in [0.3, 0.4) is 0 Å². The maximum Gasteiger partial charge on any atom is 0.255 e. The number of nitrogens with one attached hydrogen (secondary N) is 5. The van der Waals surface area contributed by atoms with Gasteiger partial charge in [0.1, 0.15) is 51.5 Å². The number of fused-ring (bicyclic) bond motifs is 6. The lowest BCUT2D eigenvalue weighted by molar-refractivity contribution is 0.102. The van der Waals surface area contributed by atoms with E-state index in [0.29, 0.717) is 53.1 Å². The number of para-hydroxylation sites is 3. The highest BCUT2D eigenvalue weighted by Gasteiger charge is 2.25. The predicted molar refractivity (Wildman–Crippen MR) is 334 cm³/mol. The van der Waals surface area contributed by atoms with E-state index in [1.807, 2.05) is 115 Å². The zero-order valence-electron chi connectivity index (χ0n) is 45.4. The summed E-state index contributed by atoms with van der Waals surface area (Å²) in [6.45, 7) is 2.13. The fourth-order valence-electron chi connectivity index (χ4n) is 10.2. The maximum absolute atomic E-state index is 12.7. The van der Waals surface area contributed by atoms with Gasteiger partial charge in [0.15, 0.2) is 0 Å². The summed E-state index contributed by atoms with van der Waals surface area (Å²) in [5, 5.41) is 31.2. The number of pyridine rings is 3. The molecule has 19 heteroatoms. The number of benzene rings is 6. The van der Waals surface area contributed by atoms with Gasteiger partial charge in [-0.25, -0.2) is 20.4 Å². The molecule has 0 radical (unpaired) electrons. The first-order valence-corrected chi connectivity index (χ1v) is 27.2. The van der Waals surface area contributed by atoms with Crippen LogP contribution in [0, 0.1) is 0 Å². The third-order valence-electron chi connectivity index (χ3n) is 14.4. The second-order valence-electron chi connectivity index (χ2n) is 20.1. The summed E-state index contributed by atoms with van der Waals surface area (Å²) in [6, 6.07) is 58.6. The molecule has 9 heterocycles. The van der Waals surface area contributed by atoms with Crippen molar-refractivity contribution in [1.29, 1.82) is 0 Å². The summed E-state index contributed by atoms with van der Waals surface area (Å²) < 4.78 is 18.2. The Hall–Kier alpha value is -11.7. The molecule has 416 valence electrons. The number of carbonyl (C=O) groups excluding carboxylic acids is 1. The fourth-order valence-corrected chi connectivity index (χ4v) is 10.2. The largest absolute Gasteiger partial charge is 0.460 e. The molecule has 0 saturated heterocycles. The Morgan fingerprint density at radius 2 is 1.02 bits per heavy atom. The van der Waals surface area contributed by atoms with Gasteiger partial charge in [-0.2, -0.15) is 20.4 Å². The van der Waals surface area contributed by atoms with Crippen molar-refractivity contribution in [3.63, 3.8) is 0 Å². The summed E-state index contributed by atoms with van der Waals surface area (Å²) >= 11 is 0. The number of anilines is 7. The summed E-state index contributed by atoms with van der Waals surface area (Å²) in [6.07, 6.45) is 8.33. The van der Waals surface area contributed by atoms with E-state index in [1.54, 1.807) is 61.3 Å². The number of hydrazine groups is 1. The maximum atomic E-state index is 12.7. The monoisotopic (exact) mass is 1120 g/mol. The van der Waals surface area contributed by atoms with Gasteiger partial charge in [0.2, 0.25) is 0 Å². The van der Waals surface area contributed by atoms with Gasteiger partial charge < -0.3 is 51.8 Å². The van der Waals surface area contributed by atoms with Gasteiger partial charge in [0.05, 0.1) is 35.0 Å². The molecule has 0 bridgehead atoms. The Bertz CT molecular complexity index is 4650. The van der Waals surface area contributed by atoms with E-state index in [2.05, 4.69) is 98.5 Å². The van der Waals surface area contributed by atoms with Crippen molar-refractivity contribution in [2.75, 3.05) is 45.1 Å². The van der Waals surface area contributed by atoms with Crippen molar-refractivity contribution < 1.29 is 18.0 Å². The van der Waals surface area contributed by atoms with Crippen LogP contribution in [0.5, 0.6) is 0 Å². The van der Waals surface area contributed by atoms with Crippen LogP contribution in [-0.4, -0.2) is 47.8 Å². The molecule has 85 heavy (non-hydrogen) atoms. The number of rotatable bonds is 11. The first-order valence-electron chi connectivity index (χ1n) is 27.2. The Morgan fingerprint density at radius 3 is 1.60 bits per heavy atom. The van der Waals surface area contributed by atoms with Gasteiger partial charge in [-0.1, -0.05) is 72.8 Å². The number of nitrogens with two attached hydrogens (primary N) is 3. The van der Waals surface area contributed by atoms with Crippen LogP contribution >= 0.6 is 0 Å². The van der Waals surface area contributed by atoms with Crippen LogP contribution in [0.1, 0.15) is 38.7 Å². The normalized spacial score (nSPS) is 12.6. The second-order valence-corrected chi connectivity index (χ2v) is 20.1. The molecule has 1 atom stereocenters. The zero-order valence-corrected chi connectivity index (χ0v) is 45.4. The predicted octanol–water partition coefficient (Wildman–Crippen LogP) is 13.0. The van der Waals surface area contributed by atoms with Crippen LogP contribution in [0.2, 0.25) is 0 Å². The van der Waals surface area contributed by atoms with Crippen molar-refractivity contribution in [2.24, 2.45) is 0 Å². The van der Waals surface area contributed by atoms with E-state index in [1.165, 1.54) is 11.1 Å². The summed E-state index contributed by atoms with van der Waals surface area (Å²) in [7, 11) is 0. The standard InChI is InChI=1S/C22H15N5O2.C22H21N5O.C22H17N5O/c23-21-11-15(7-8-24-21)26-22(28)14-5-6-18-16(9-14)17(12-25-27-18)20-10-13-3-1-2-4-19(13)29-20;2*23-22-11-16(7-8-24-22)25-12-14-5-6-19-17(9-14)18(13-26-27-19)21-10-15-3-1-2-4-20(15)28-21/h1-12H,(H3,23,24,26,28);1-11,18,26-27H,12-13H2,(H3,23,24,25);1-11,13H,12H2,(H3,23,24,25). The molecule has 19 nitrogen and oxygen atoms in total. The van der Waals surface area contributed by atoms with E-state index in [9.17, 15) is 4.79 Å². The van der Waals surface area contributed by atoms with E-state index in [0.717, 1.165) is 101 Å². The third kappa shape index (κ3) is 11.8. The number of hydrogen-bond acceptors (Lipinski definition) is 18. The molecule has 15 rings (SSSR count). The summed E-state index contributed by atoms with van der Waals surface area (Å²) in [5.74, 6) is 3.66. The van der Waals surface area contributed by atoms with Crippen LogP contribution in [0.4, 0.5) is 40.2 Å². The minimum absolute atomic E-state index is 0.153. The number of carbonyl (C=O) groups is 1. The summed E-state index contributed by atoms with van der Waals surface area (Å²) in [4.78, 5) is 24.7. The Kier molecular flexibility index (Phi) is 14.5. The lowest BCUT2D eigenvalue weighted by Crippen LogP contribution is -2.33. The molecule has 1 amide bonds. The zero-order chi connectivity index (χ0) is 57.6. The first-order chi connectivity index (χ1) is 41.7. The number of amides is 1. The number of nitrogen functional groups attached to an aromatic ring is 3. The number of aromatic nitrogens is 7. The Morgan fingerprint density at radius 1 is 0.518 bits per heavy atom. The average Bonchev–Trinajstić information content (AvgIpc) is 4.47. The van der Waals surface area contributed by atoms with Gasteiger partial charge in [0, 0.05) is 117 Å². The molecule has 0 aliphatic carbocycles. The van der Waals surface area contributed by atoms with Crippen LogP contribution < -0.4 is 44.0 Å². The molecular formula is C66H53N15O4. The van der Waals surface area contributed by atoms with Gasteiger partial charge in [0.25, 0.3) is 5.91 Å². The molecule has 1 unspecified atom stereocenters. The highest BCUT2D eigenvalue weighted by molar-refractivity contribution is 6.08. The molecule has 14 aromatic rings. The summed E-state index contributed by atoms with van der Waals surface area (Å²) in [5.41, 5.74) is 37.0. The van der Waals surface area contributed by atoms with Crippen molar-refractivity contribution in [2.45, 2.75) is 19.0 Å². The van der Waals surface area contributed by atoms with Crippen LogP contribution in [0.25, 0.3) is 77.4 Å².